The molecule has 0 bridgehead atoms. The number of likely N-dealkylation sites (tertiary alicyclic amines) is 1. The Hall–Kier alpha value is -0.770. The lowest BCUT2D eigenvalue weighted by atomic mass is 9.95. The summed E-state index contributed by atoms with van der Waals surface area (Å²) in [4.78, 5) is 14.3. The molecule has 2 saturated heterocycles. The minimum Gasteiger partial charge on any atom is -0.335 e. The van der Waals surface area contributed by atoms with Crippen molar-refractivity contribution in [2.75, 3.05) is 19.6 Å². The summed E-state index contributed by atoms with van der Waals surface area (Å²) in [6, 6.07) is 1.02. The van der Waals surface area contributed by atoms with Gasteiger partial charge in [0.05, 0.1) is 0 Å². The molecule has 4 nitrogen and oxygen atoms in total. The van der Waals surface area contributed by atoms with E-state index in [4.69, 9.17) is 0 Å². The van der Waals surface area contributed by atoms with Crippen LogP contribution >= 0.6 is 0 Å². The summed E-state index contributed by atoms with van der Waals surface area (Å²) in [7, 11) is 0. The third kappa shape index (κ3) is 2.03. The number of nitrogens with one attached hydrogen (secondary N) is 2. The van der Waals surface area contributed by atoms with Crippen LogP contribution in [0.5, 0.6) is 0 Å². The lowest BCUT2D eigenvalue weighted by molar-refractivity contribution is 0.185. The Morgan fingerprint density at radius 1 is 1.29 bits per heavy atom. The fraction of sp³-hybridized carbons (Fsp3) is 0.923. The van der Waals surface area contributed by atoms with Gasteiger partial charge in [0, 0.05) is 31.7 Å². The zero-order valence-electron chi connectivity index (χ0n) is 10.6. The molecule has 1 aliphatic carbocycles. The first-order chi connectivity index (χ1) is 8.25. The second-order valence-electron chi connectivity index (χ2n) is 5.91. The van der Waals surface area contributed by atoms with E-state index in [0.717, 1.165) is 19.6 Å². The average Bonchev–Trinajstić information content (AvgIpc) is 2.97. The molecule has 3 fully saturated rings. The molecule has 3 rings (SSSR count). The van der Waals surface area contributed by atoms with Crippen LogP contribution in [0.2, 0.25) is 0 Å². The van der Waals surface area contributed by atoms with Crippen LogP contribution in [0, 0.1) is 11.8 Å². The van der Waals surface area contributed by atoms with Crippen LogP contribution in [0.3, 0.4) is 0 Å². The van der Waals surface area contributed by atoms with Crippen molar-refractivity contribution in [2.45, 2.75) is 44.7 Å². The molecule has 3 unspecified atom stereocenters. The van der Waals surface area contributed by atoms with E-state index in [1.54, 1.807) is 0 Å². The molecular formula is C13H23N3O. The number of urea groups is 1. The van der Waals surface area contributed by atoms with E-state index in [9.17, 15) is 4.79 Å². The first kappa shape index (κ1) is 11.3. The molecule has 2 aliphatic heterocycles. The predicted molar refractivity (Wildman–Crippen MR) is 66.8 cm³/mol. The van der Waals surface area contributed by atoms with Crippen molar-refractivity contribution in [3.63, 3.8) is 0 Å². The quantitative estimate of drug-likeness (QED) is 0.719. The molecule has 2 N–H and O–H groups in total. The Labute approximate surface area is 103 Å². The highest BCUT2D eigenvalue weighted by molar-refractivity contribution is 5.75. The van der Waals surface area contributed by atoms with Crippen molar-refractivity contribution in [3.05, 3.63) is 0 Å². The third-order valence-electron chi connectivity index (χ3n) is 4.88. The highest BCUT2D eigenvalue weighted by Crippen LogP contribution is 2.32. The van der Waals surface area contributed by atoms with E-state index in [-0.39, 0.29) is 6.03 Å². The Morgan fingerprint density at radius 2 is 2.06 bits per heavy atom. The number of carbonyl (C=O) groups is 1. The van der Waals surface area contributed by atoms with Crippen LogP contribution in [0.1, 0.15) is 32.6 Å². The van der Waals surface area contributed by atoms with Gasteiger partial charge in [0.1, 0.15) is 0 Å². The molecule has 1 saturated carbocycles. The number of fused-ring (bicyclic) bond motifs is 1. The first-order valence-corrected chi connectivity index (χ1v) is 7.03. The molecule has 3 atom stereocenters. The van der Waals surface area contributed by atoms with Gasteiger partial charge in [-0.2, -0.15) is 0 Å². The molecule has 4 heteroatoms. The Bertz CT molecular complexity index is 301. The standard InChI is InChI=1S/C13H23N3O/c1-9-12-7-14-6-10(12)8-16(9)13(17)15-11-4-2-3-5-11/h9-12,14H,2-8H2,1H3,(H,15,17). The highest BCUT2D eigenvalue weighted by atomic mass is 16.2. The van der Waals surface area contributed by atoms with Crippen molar-refractivity contribution in [1.29, 1.82) is 0 Å². The topological polar surface area (TPSA) is 44.4 Å². The molecular weight excluding hydrogens is 214 g/mol. The Kier molecular flexibility index (Phi) is 2.99. The van der Waals surface area contributed by atoms with Gasteiger partial charge in [-0.15, -0.1) is 0 Å². The zero-order chi connectivity index (χ0) is 11.8. The van der Waals surface area contributed by atoms with E-state index >= 15 is 0 Å². The second kappa shape index (κ2) is 4.48. The van der Waals surface area contributed by atoms with Gasteiger partial charge in [-0.05, 0) is 31.6 Å². The summed E-state index contributed by atoms with van der Waals surface area (Å²) in [5, 5.41) is 6.64. The summed E-state index contributed by atoms with van der Waals surface area (Å²) in [6.07, 6.45) is 4.89. The summed E-state index contributed by atoms with van der Waals surface area (Å²) in [5.41, 5.74) is 0. The molecule has 0 aromatic heterocycles. The van der Waals surface area contributed by atoms with E-state index < -0.39 is 0 Å². The van der Waals surface area contributed by atoms with E-state index in [1.807, 2.05) is 0 Å². The van der Waals surface area contributed by atoms with Crippen LogP contribution in [-0.4, -0.2) is 42.6 Å². The largest absolute Gasteiger partial charge is 0.335 e. The van der Waals surface area contributed by atoms with Gasteiger partial charge in [0.15, 0.2) is 0 Å². The summed E-state index contributed by atoms with van der Waals surface area (Å²) in [6.45, 7) is 5.31. The van der Waals surface area contributed by atoms with Gasteiger partial charge in [-0.25, -0.2) is 4.79 Å². The van der Waals surface area contributed by atoms with E-state index in [0.29, 0.717) is 23.9 Å². The Morgan fingerprint density at radius 3 is 2.76 bits per heavy atom. The third-order valence-corrected chi connectivity index (χ3v) is 4.88. The smallest absolute Gasteiger partial charge is 0.317 e. The maximum atomic E-state index is 12.2. The number of rotatable bonds is 1. The van der Waals surface area contributed by atoms with Crippen molar-refractivity contribution in [1.82, 2.24) is 15.5 Å². The average molecular weight is 237 g/mol. The Balaban J connectivity index is 1.58. The molecule has 0 radical (unpaired) electrons. The lowest BCUT2D eigenvalue weighted by Crippen LogP contribution is -2.47. The normalized spacial score (nSPS) is 37.5. The van der Waals surface area contributed by atoms with Crippen molar-refractivity contribution >= 4 is 6.03 Å². The maximum absolute atomic E-state index is 12.2. The maximum Gasteiger partial charge on any atom is 0.317 e. The van der Waals surface area contributed by atoms with Gasteiger partial charge in [-0.1, -0.05) is 12.8 Å². The molecule has 2 heterocycles. The van der Waals surface area contributed by atoms with Crippen LogP contribution in [0.25, 0.3) is 0 Å². The van der Waals surface area contributed by atoms with Crippen molar-refractivity contribution in [3.8, 4) is 0 Å². The molecule has 96 valence electrons. The van der Waals surface area contributed by atoms with Crippen LogP contribution in [-0.2, 0) is 0 Å². The first-order valence-electron chi connectivity index (χ1n) is 7.03. The molecule has 0 spiro atoms. The minimum atomic E-state index is 0.179. The monoisotopic (exact) mass is 237 g/mol. The van der Waals surface area contributed by atoms with E-state index in [1.165, 1.54) is 25.7 Å². The number of hydrogen-bond donors (Lipinski definition) is 2. The predicted octanol–water partition coefficient (Wildman–Crippen LogP) is 1.18. The van der Waals surface area contributed by atoms with Crippen LogP contribution in [0.15, 0.2) is 0 Å². The molecule has 3 aliphatic rings. The molecule has 2 amide bonds. The van der Waals surface area contributed by atoms with Crippen LogP contribution in [0.4, 0.5) is 4.79 Å². The zero-order valence-corrected chi connectivity index (χ0v) is 10.6. The number of carbonyl (C=O) groups excluding carboxylic acids is 1. The number of amides is 2. The fourth-order valence-corrected chi connectivity index (χ4v) is 3.76. The van der Waals surface area contributed by atoms with E-state index in [2.05, 4.69) is 22.5 Å². The van der Waals surface area contributed by atoms with Gasteiger partial charge in [0.25, 0.3) is 0 Å². The number of nitrogens with zero attached hydrogens (tertiary/aromatic N) is 1. The van der Waals surface area contributed by atoms with Crippen molar-refractivity contribution in [2.24, 2.45) is 11.8 Å². The molecule has 17 heavy (non-hydrogen) atoms. The van der Waals surface area contributed by atoms with Gasteiger partial charge in [0.2, 0.25) is 0 Å². The van der Waals surface area contributed by atoms with Gasteiger partial charge < -0.3 is 15.5 Å². The molecule has 0 aromatic carbocycles. The summed E-state index contributed by atoms with van der Waals surface area (Å²) >= 11 is 0. The van der Waals surface area contributed by atoms with Gasteiger partial charge in [-0.3, -0.25) is 0 Å². The van der Waals surface area contributed by atoms with Crippen LogP contribution < -0.4 is 10.6 Å². The summed E-state index contributed by atoms with van der Waals surface area (Å²) in [5.74, 6) is 1.35. The lowest BCUT2D eigenvalue weighted by Gasteiger charge is -2.26. The summed E-state index contributed by atoms with van der Waals surface area (Å²) < 4.78 is 0. The molecule has 0 aromatic rings. The van der Waals surface area contributed by atoms with Crippen molar-refractivity contribution < 1.29 is 4.79 Å². The highest BCUT2D eigenvalue weighted by Gasteiger charge is 2.43. The fourth-order valence-electron chi connectivity index (χ4n) is 3.76. The number of hydrogen-bond acceptors (Lipinski definition) is 2. The second-order valence-corrected chi connectivity index (χ2v) is 5.91. The SMILES string of the molecule is CC1C2CNCC2CN1C(=O)NC1CCCC1. The minimum absolute atomic E-state index is 0.179. The van der Waals surface area contributed by atoms with Gasteiger partial charge >= 0.3 is 6.03 Å².